The summed E-state index contributed by atoms with van der Waals surface area (Å²) in [5.41, 5.74) is 2.10. The quantitative estimate of drug-likeness (QED) is 0.613. The van der Waals surface area contributed by atoms with E-state index in [1.54, 1.807) is 47.0 Å². The number of thiazole rings is 1. The third-order valence-corrected chi connectivity index (χ3v) is 8.62. The number of methoxy groups -OCH3 is 1. The zero-order valence-corrected chi connectivity index (χ0v) is 17.7. The fourth-order valence-electron chi connectivity index (χ4n) is 3.76. The maximum atomic E-state index is 13.3. The van der Waals surface area contributed by atoms with Crippen molar-refractivity contribution in [1.29, 1.82) is 0 Å². The summed E-state index contributed by atoms with van der Waals surface area (Å²) in [5, 5.41) is 1.10. The van der Waals surface area contributed by atoms with Gasteiger partial charge in [0.1, 0.15) is 24.6 Å². The summed E-state index contributed by atoms with van der Waals surface area (Å²) in [4.78, 5) is 1.40. The van der Waals surface area contributed by atoms with Gasteiger partial charge in [0.05, 0.1) is 16.5 Å². The Kier molecular flexibility index (Phi) is 5.09. The number of fused-ring (bicyclic) bond motifs is 1. The van der Waals surface area contributed by atoms with Crippen molar-refractivity contribution < 1.29 is 17.7 Å². The lowest BCUT2D eigenvalue weighted by Gasteiger charge is -2.35. The molecule has 1 aromatic heterocycles. The first-order valence-corrected chi connectivity index (χ1v) is 11.4. The molecule has 0 N–H and O–H groups in total. The van der Waals surface area contributed by atoms with Crippen LogP contribution in [0, 0.1) is 0 Å². The molecule has 2 atom stereocenters. The molecule has 5 nitrogen and oxygen atoms in total. The lowest BCUT2D eigenvalue weighted by Crippen LogP contribution is -2.49. The highest BCUT2D eigenvalue weighted by Crippen LogP contribution is 2.41. The Morgan fingerprint density at radius 2 is 1.68 bits per heavy atom. The van der Waals surface area contributed by atoms with Crippen LogP contribution in [0.3, 0.4) is 0 Å². The van der Waals surface area contributed by atoms with Crippen molar-refractivity contribution >= 4 is 21.4 Å². The molecule has 2 aromatic carbocycles. The number of hydrogen-bond acceptors (Lipinski definition) is 4. The van der Waals surface area contributed by atoms with E-state index in [4.69, 9.17) is 4.74 Å². The molecule has 0 saturated heterocycles. The van der Waals surface area contributed by atoms with E-state index in [2.05, 4.69) is 16.7 Å². The molecule has 0 fully saturated rings. The molecule has 1 aliphatic rings. The van der Waals surface area contributed by atoms with Crippen LogP contribution in [0.2, 0.25) is 0 Å². The monoisotopic (exact) mass is 415 g/mol. The molecule has 2 heterocycles. The summed E-state index contributed by atoms with van der Waals surface area (Å²) in [7, 11) is 0.0136. The third kappa shape index (κ3) is 3.08. The van der Waals surface area contributed by atoms with Crippen LogP contribution in [0.15, 0.2) is 65.6 Å². The second-order valence-electron chi connectivity index (χ2n) is 6.90. The SMILES string of the molecule is CO[C@H]1c2sc(-c3ccccc3)[n+](C)c2CN(S(=O)(=O)c2ccccc2)[C@H]1C. The summed E-state index contributed by atoms with van der Waals surface area (Å²) in [5.74, 6) is 0. The second-order valence-corrected chi connectivity index (χ2v) is 9.82. The molecule has 28 heavy (non-hydrogen) atoms. The van der Waals surface area contributed by atoms with Gasteiger partial charge in [-0.1, -0.05) is 47.7 Å². The van der Waals surface area contributed by atoms with Gasteiger partial charge in [-0.2, -0.15) is 8.87 Å². The lowest BCUT2D eigenvalue weighted by molar-refractivity contribution is -0.665. The molecule has 3 aromatic rings. The molecule has 4 rings (SSSR count). The Labute approximate surface area is 169 Å². The Morgan fingerprint density at radius 1 is 1.07 bits per heavy atom. The number of hydrogen-bond donors (Lipinski definition) is 0. The molecule has 7 heteroatoms. The van der Waals surface area contributed by atoms with Crippen LogP contribution in [-0.4, -0.2) is 25.9 Å². The first kappa shape index (κ1) is 19.3. The van der Waals surface area contributed by atoms with Crippen molar-refractivity contribution in [3.63, 3.8) is 0 Å². The van der Waals surface area contributed by atoms with E-state index in [0.717, 1.165) is 21.1 Å². The van der Waals surface area contributed by atoms with Gasteiger partial charge < -0.3 is 4.74 Å². The molecule has 1 aliphatic heterocycles. The van der Waals surface area contributed by atoms with Gasteiger partial charge in [-0.25, -0.2) is 8.42 Å². The first-order chi connectivity index (χ1) is 13.4. The first-order valence-electron chi connectivity index (χ1n) is 9.12. The summed E-state index contributed by atoms with van der Waals surface area (Å²) in [6.45, 7) is 2.24. The predicted octanol–water partition coefficient (Wildman–Crippen LogP) is 3.52. The minimum atomic E-state index is -3.62. The van der Waals surface area contributed by atoms with Crippen molar-refractivity contribution in [3.8, 4) is 10.6 Å². The molecular formula is C21H23N2O3S2+. The number of nitrogens with zero attached hydrogens (tertiary/aromatic N) is 2. The molecule has 146 valence electrons. The minimum absolute atomic E-state index is 0.301. The molecule has 0 unspecified atom stereocenters. The number of ether oxygens (including phenoxy) is 1. The van der Waals surface area contributed by atoms with Crippen molar-refractivity contribution in [2.45, 2.75) is 30.5 Å². The minimum Gasteiger partial charge on any atom is -0.374 e. The van der Waals surface area contributed by atoms with Crippen LogP contribution < -0.4 is 4.57 Å². The highest BCUT2D eigenvalue weighted by Gasteiger charge is 2.45. The predicted molar refractivity (Wildman–Crippen MR) is 109 cm³/mol. The Bertz CT molecular complexity index is 1080. The highest BCUT2D eigenvalue weighted by atomic mass is 32.2. The molecule has 0 spiro atoms. The molecule has 0 aliphatic carbocycles. The van der Waals surface area contributed by atoms with E-state index in [1.165, 1.54) is 0 Å². The maximum absolute atomic E-state index is 13.3. The normalized spacial score (nSPS) is 20.1. The average Bonchev–Trinajstić information content (AvgIpc) is 3.05. The van der Waals surface area contributed by atoms with Crippen molar-refractivity contribution in [2.75, 3.05) is 7.11 Å². The molecular weight excluding hydrogens is 392 g/mol. The van der Waals surface area contributed by atoms with Crippen LogP contribution in [0.25, 0.3) is 10.6 Å². The van der Waals surface area contributed by atoms with Gasteiger partial charge in [-0.15, -0.1) is 0 Å². The van der Waals surface area contributed by atoms with E-state index in [-0.39, 0.29) is 12.1 Å². The van der Waals surface area contributed by atoms with Gasteiger partial charge in [-0.05, 0) is 31.2 Å². The number of aromatic nitrogens is 1. The fourth-order valence-corrected chi connectivity index (χ4v) is 6.81. The van der Waals surface area contributed by atoms with Crippen LogP contribution in [0.4, 0.5) is 0 Å². The molecule has 0 bridgehead atoms. The van der Waals surface area contributed by atoms with Crippen molar-refractivity contribution in [3.05, 3.63) is 71.2 Å². The highest BCUT2D eigenvalue weighted by molar-refractivity contribution is 7.89. The number of rotatable bonds is 4. The van der Waals surface area contributed by atoms with E-state index in [9.17, 15) is 8.42 Å². The maximum Gasteiger partial charge on any atom is 0.269 e. The molecule has 0 radical (unpaired) electrons. The summed E-state index contributed by atoms with van der Waals surface area (Å²) in [6, 6.07) is 18.5. The van der Waals surface area contributed by atoms with Gasteiger partial charge in [0, 0.05) is 7.11 Å². The largest absolute Gasteiger partial charge is 0.374 e. The van der Waals surface area contributed by atoms with Crippen LogP contribution in [-0.2, 0) is 28.4 Å². The van der Waals surface area contributed by atoms with Gasteiger partial charge >= 0.3 is 0 Å². The number of sulfonamides is 1. The van der Waals surface area contributed by atoms with Gasteiger partial charge in [0.2, 0.25) is 15.7 Å². The summed E-state index contributed by atoms with van der Waals surface area (Å²) in [6.07, 6.45) is -0.309. The smallest absolute Gasteiger partial charge is 0.269 e. The Balaban J connectivity index is 1.82. The van der Waals surface area contributed by atoms with E-state index >= 15 is 0 Å². The standard InChI is InChI=1S/C21H23N2O3S2/c1-15-19(26-3)20-18(22(2)21(27-20)16-10-6-4-7-11-16)14-23(15)28(24,25)17-12-8-5-9-13-17/h4-13,15,19H,14H2,1-3H3/q+1/t15-,19+/m0/s1. The third-order valence-electron chi connectivity index (χ3n) is 5.28. The summed E-state index contributed by atoms with van der Waals surface area (Å²) >= 11 is 1.68. The van der Waals surface area contributed by atoms with Gasteiger partial charge in [-0.3, -0.25) is 0 Å². The van der Waals surface area contributed by atoms with Gasteiger partial charge in [0.15, 0.2) is 0 Å². The fraction of sp³-hybridized carbons (Fsp3) is 0.286. The molecule has 0 saturated carbocycles. The second kappa shape index (κ2) is 7.40. The van der Waals surface area contributed by atoms with Crippen LogP contribution in [0.1, 0.15) is 23.6 Å². The topological polar surface area (TPSA) is 50.5 Å². The van der Waals surface area contributed by atoms with Crippen LogP contribution in [0.5, 0.6) is 0 Å². The summed E-state index contributed by atoms with van der Waals surface area (Å²) < 4.78 is 36.1. The van der Waals surface area contributed by atoms with Crippen molar-refractivity contribution in [2.24, 2.45) is 7.05 Å². The van der Waals surface area contributed by atoms with E-state index in [0.29, 0.717) is 11.4 Å². The Hall–Kier alpha value is -2.06. The van der Waals surface area contributed by atoms with Gasteiger partial charge in [0.25, 0.3) is 5.01 Å². The van der Waals surface area contributed by atoms with E-state index < -0.39 is 10.0 Å². The molecule has 0 amide bonds. The van der Waals surface area contributed by atoms with E-state index in [1.807, 2.05) is 38.2 Å². The zero-order valence-electron chi connectivity index (χ0n) is 16.1. The lowest BCUT2D eigenvalue weighted by atomic mass is 10.1. The zero-order chi connectivity index (χ0) is 19.9. The Morgan fingerprint density at radius 3 is 2.29 bits per heavy atom. The van der Waals surface area contributed by atoms with Crippen molar-refractivity contribution in [1.82, 2.24) is 4.31 Å². The van der Waals surface area contributed by atoms with Crippen LogP contribution >= 0.6 is 11.3 Å². The average molecular weight is 416 g/mol. The number of benzene rings is 2.